The third-order valence-corrected chi connectivity index (χ3v) is 5.35. The average Bonchev–Trinajstić information content (AvgIpc) is 2.70. The van der Waals surface area contributed by atoms with Crippen LogP contribution in [0.1, 0.15) is 18.1 Å². The van der Waals surface area contributed by atoms with Crippen molar-refractivity contribution in [3.05, 3.63) is 38.9 Å². The monoisotopic (exact) mass is 545 g/mol. The van der Waals surface area contributed by atoms with E-state index in [0.29, 0.717) is 6.08 Å². The lowest BCUT2D eigenvalue weighted by atomic mass is 9.98. The molecule has 0 bridgehead atoms. The Bertz CT molecular complexity index is 1070. The second kappa shape index (κ2) is 8.72. The predicted molar refractivity (Wildman–Crippen MR) is 101 cm³/mol. The largest absolute Gasteiger partial charge is 0.475 e. The third-order valence-electron chi connectivity index (χ3n) is 4.22. The molecular weight excluding hydrogens is 530 g/mol. The van der Waals surface area contributed by atoms with Crippen molar-refractivity contribution < 1.29 is 66.3 Å². The molecule has 1 aliphatic rings. The fraction of sp³-hybridized carbons (Fsp3) is 0.412. The molecule has 0 aliphatic carbocycles. The van der Waals surface area contributed by atoms with E-state index in [1.54, 1.807) is 0 Å². The molecule has 0 spiro atoms. The summed E-state index contributed by atoms with van der Waals surface area (Å²) in [5.74, 6) is -3.81. The average molecular weight is 545 g/mol. The van der Waals surface area contributed by atoms with E-state index in [4.69, 9.17) is 4.74 Å². The molecule has 1 aliphatic heterocycles. The summed E-state index contributed by atoms with van der Waals surface area (Å²) in [6, 6.07) is -0.144. The van der Waals surface area contributed by atoms with Crippen molar-refractivity contribution in [2.24, 2.45) is 0 Å². The molecule has 0 radical (unpaired) electrons. The molecule has 2 rings (SSSR count). The van der Waals surface area contributed by atoms with Crippen molar-refractivity contribution in [3.63, 3.8) is 0 Å². The van der Waals surface area contributed by atoms with Gasteiger partial charge in [0, 0.05) is 5.56 Å². The number of hydrogen-bond donors (Lipinski definition) is 0. The Hall–Kier alpha value is -3.31. The molecule has 1 aromatic rings. The van der Waals surface area contributed by atoms with E-state index >= 15 is 0 Å². The van der Waals surface area contributed by atoms with Crippen LogP contribution in [-0.4, -0.2) is 49.1 Å². The summed E-state index contributed by atoms with van der Waals surface area (Å²) in [5.41, 5.74) is -2.81. The second-order valence-corrected chi connectivity index (χ2v) is 9.23. The highest BCUT2D eigenvalue weighted by atomic mass is 32.5. The standard InChI is InChI=1S/C17H15F8NO8S/c1-2-9-5-11(35(21,22,23,24)25)6-10-7-12(15(17(18,19)20)34-14(9)10)16(28)32-4-3-31-13(27)8-33-26(29)30/h5-7,15H,2-4,8H2,1H3/t15-/m0/s1. The number of carbonyl (C=O) groups is 2. The van der Waals surface area contributed by atoms with Crippen LogP contribution in [-0.2, 0) is 30.3 Å². The molecule has 0 unspecified atom stereocenters. The first-order chi connectivity index (χ1) is 15.7. The summed E-state index contributed by atoms with van der Waals surface area (Å²) in [6.45, 7) is -1.58. The van der Waals surface area contributed by atoms with Crippen LogP contribution >= 0.6 is 10.2 Å². The highest BCUT2D eigenvalue weighted by molar-refractivity contribution is 8.45. The van der Waals surface area contributed by atoms with Gasteiger partial charge in [-0.05, 0) is 30.2 Å². The van der Waals surface area contributed by atoms with Gasteiger partial charge in [-0.25, -0.2) is 9.59 Å². The van der Waals surface area contributed by atoms with E-state index in [1.165, 1.54) is 6.92 Å². The minimum absolute atomic E-state index is 0.0119. The van der Waals surface area contributed by atoms with Crippen molar-refractivity contribution in [1.29, 1.82) is 0 Å². The smallest absolute Gasteiger partial charge is 0.430 e. The number of alkyl halides is 3. The van der Waals surface area contributed by atoms with Crippen molar-refractivity contribution in [3.8, 4) is 5.75 Å². The van der Waals surface area contributed by atoms with Gasteiger partial charge in [-0.15, -0.1) is 10.1 Å². The van der Waals surface area contributed by atoms with Crippen LogP contribution in [0.5, 0.6) is 5.75 Å². The van der Waals surface area contributed by atoms with Gasteiger partial charge in [0.05, 0.1) is 5.57 Å². The van der Waals surface area contributed by atoms with E-state index in [0.717, 1.165) is 0 Å². The van der Waals surface area contributed by atoms with E-state index in [-0.39, 0.29) is 12.1 Å². The van der Waals surface area contributed by atoms with Gasteiger partial charge in [-0.3, -0.25) is 0 Å². The fourth-order valence-electron chi connectivity index (χ4n) is 2.77. The molecule has 0 N–H and O–H groups in total. The van der Waals surface area contributed by atoms with Crippen LogP contribution in [0.3, 0.4) is 0 Å². The molecule has 0 aromatic heterocycles. The van der Waals surface area contributed by atoms with Crippen LogP contribution in [0.4, 0.5) is 32.6 Å². The van der Waals surface area contributed by atoms with E-state index in [2.05, 4.69) is 14.3 Å². The lowest BCUT2D eigenvalue weighted by Gasteiger charge is -2.41. The normalized spacial score (nSPS) is 17.6. The maximum atomic E-state index is 13.5. The predicted octanol–water partition coefficient (Wildman–Crippen LogP) is 4.91. The number of aryl methyl sites for hydroxylation is 1. The summed E-state index contributed by atoms with van der Waals surface area (Å²) >= 11 is 0. The molecule has 0 fully saturated rings. The quantitative estimate of drug-likeness (QED) is 0.141. The number of nitrogens with zero attached hydrogens (tertiary/aromatic N) is 1. The number of hydrogen-bond acceptors (Lipinski definition) is 8. The molecule has 0 saturated carbocycles. The minimum atomic E-state index is -10.2. The van der Waals surface area contributed by atoms with Gasteiger partial charge in [-0.1, -0.05) is 26.4 Å². The van der Waals surface area contributed by atoms with E-state index < -0.39 is 93.1 Å². The third kappa shape index (κ3) is 7.33. The zero-order valence-electron chi connectivity index (χ0n) is 17.3. The number of fused-ring (bicyclic) bond motifs is 1. The van der Waals surface area contributed by atoms with Crippen LogP contribution in [0, 0.1) is 10.1 Å². The molecular formula is C17H15F8NO8S. The van der Waals surface area contributed by atoms with Crippen molar-refractivity contribution >= 4 is 28.2 Å². The summed E-state index contributed by atoms with van der Waals surface area (Å²) in [7, 11) is -10.2. The van der Waals surface area contributed by atoms with Crippen molar-refractivity contribution in [2.75, 3.05) is 19.8 Å². The van der Waals surface area contributed by atoms with Crippen LogP contribution < -0.4 is 4.74 Å². The van der Waals surface area contributed by atoms with Gasteiger partial charge < -0.3 is 19.0 Å². The zero-order chi connectivity index (χ0) is 26.9. The Morgan fingerprint density at radius 2 is 1.71 bits per heavy atom. The second-order valence-electron chi connectivity index (χ2n) is 6.82. The highest BCUT2D eigenvalue weighted by Gasteiger charge is 2.66. The zero-order valence-corrected chi connectivity index (χ0v) is 18.1. The maximum absolute atomic E-state index is 13.5. The fourth-order valence-corrected chi connectivity index (χ4v) is 3.49. The van der Waals surface area contributed by atoms with Gasteiger partial charge in [0.25, 0.3) is 5.09 Å². The number of benzene rings is 1. The Labute approximate surface area is 190 Å². The van der Waals surface area contributed by atoms with Gasteiger partial charge in [0.15, 0.2) is 6.61 Å². The number of esters is 2. The first kappa shape index (κ1) is 27.9. The highest BCUT2D eigenvalue weighted by Crippen LogP contribution is 3.02. The molecule has 35 heavy (non-hydrogen) atoms. The first-order valence-corrected chi connectivity index (χ1v) is 11.1. The Morgan fingerprint density at radius 3 is 2.23 bits per heavy atom. The lowest BCUT2D eigenvalue weighted by Crippen LogP contribution is -2.41. The molecule has 0 amide bonds. The Morgan fingerprint density at radius 1 is 1.11 bits per heavy atom. The summed E-state index contributed by atoms with van der Waals surface area (Å²) in [6.07, 6.45) is -8.39. The topological polar surface area (TPSA) is 114 Å². The first-order valence-electron chi connectivity index (χ1n) is 9.19. The van der Waals surface area contributed by atoms with Gasteiger partial charge in [-0.2, -0.15) is 13.2 Å². The SMILES string of the molecule is CCc1cc(S(F)(F)(F)(F)F)cc2c1O[C@H](C(F)(F)F)C(C(=O)OCCOC(=O)CO[N+](=O)[O-])=C2. The van der Waals surface area contributed by atoms with E-state index in [1.807, 2.05) is 0 Å². The van der Waals surface area contributed by atoms with Gasteiger partial charge >= 0.3 is 28.3 Å². The van der Waals surface area contributed by atoms with Gasteiger partial charge in [0.2, 0.25) is 6.10 Å². The number of halogens is 8. The van der Waals surface area contributed by atoms with Crippen LogP contribution in [0.15, 0.2) is 22.6 Å². The molecule has 9 nitrogen and oxygen atoms in total. The number of carbonyl (C=O) groups excluding carboxylic acids is 2. The van der Waals surface area contributed by atoms with Gasteiger partial charge in [0.1, 0.15) is 23.9 Å². The molecule has 198 valence electrons. The summed E-state index contributed by atoms with van der Waals surface area (Å²) < 4.78 is 121. The number of rotatable bonds is 9. The minimum Gasteiger partial charge on any atom is -0.475 e. The molecule has 1 aromatic carbocycles. The molecule has 18 heteroatoms. The number of ether oxygens (including phenoxy) is 3. The molecule has 1 atom stereocenters. The maximum Gasteiger partial charge on any atom is 0.430 e. The lowest BCUT2D eigenvalue weighted by molar-refractivity contribution is -0.754. The molecule has 1 heterocycles. The summed E-state index contributed by atoms with van der Waals surface area (Å²) in [4.78, 5) is 34.6. The Balaban J connectivity index is 2.33. The van der Waals surface area contributed by atoms with Crippen molar-refractivity contribution in [2.45, 2.75) is 30.5 Å². The summed E-state index contributed by atoms with van der Waals surface area (Å²) in [5, 5.41) is 8.64. The van der Waals surface area contributed by atoms with E-state index in [9.17, 15) is 52.3 Å². The molecule has 0 saturated heterocycles. The Kier molecular flexibility index (Phi) is 6.96. The van der Waals surface area contributed by atoms with Crippen LogP contribution in [0.2, 0.25) is 0 Å². The van der Waals surface area contributed by atoms with Crippen LogP contribution in [0.25, 0.3) is 6.08 Å². The van der Waals surface area contributed by atoms with Crippen molar-refractivity contribution in [1.82, 2.24) is 0 Å².